The van der Waals surface area contributed by atoms with Crippen molar-refractivity contribution in [1.29, 1.82) is 0 Å². The van der Waals surface area contributed by atoms with Crippen LogP contribution < -0.4 is 31.6 Å². The molecule has 4 aromatic heterocycles. The van der Waals surface area contributed by atoms with Crippen LogP contribution >= 0.6 is 11.3 Å². The van der Waals surface area contributed by atoms with Crippen LogP contribution in [0.15, 0.2) is 42.5 Å². The first-order valence-electron chi connectivity index (χ1n) is 18.1. The van der Waals surface area contributed by atoms with E-state index < -0.39 is 17.7 Å². The number of nitrogens with two attached hydrogens (primary N) is 2. The summed E-state index contributed by atoms with van der Waals surface area (Å²) in [6.45, 7) is 8.20. The third-order valence-corrected chi connectivity index (χ3v) is 9.95. The highest BCUT2D eigenvalue weighted by Gasteiger charge is 2.24. The largest absolute Gasteiger partial charge is 0.494 e. The highest BCUT2D eigenvalue weighted by molar-refractivity contribution is 7.13. The normalized spacial score (nSPS) is 11.5. The lowest BCUT2D eigenvalue weighted by Crippen LogP contribution is -2.20. The zero-order chi connectivity index (χ0) is 41.0. The Morgan fingerprint density at radius 1 is 0.842 bits per heavy atom. The number of nitrogens with zero attached hydrogens (tertiary/aromatic N) is 7. The van der Waals surface area contributed by atoms with Crippen molar-refractivity contribution in [2.45, 2.75) is 60.2 Å². The molecular weight excluding hydrogens is 755 g/mol. The second-order valence-electron chi connectivity index (χ2n) is 12.9. The summed E-state index contributed by atoms with van der Waals surface area (Å²) in [6, 6.07) is 7.73. The molecular formula is C38H43N11O7S. The van der Waals surface area contributed by atoms with Gasteiger partial charge < -0.3 is 35.2 Å². The number of allylic oxidation sites excluding steroid dienone is 2. The van der Waals surface area contributed by atoms with Crippen molar-refractivity contribution in [2.75, 3.05) is 31.0 Å². The molecule has 298 valence electrons. The molecule has 0 aliphatic heterocycles. The molecule has 0 atom stereocenters. The summed E-state index contributed by atoms with van der Waals surface area (Å²) in [5.41, 5.74) is 14.9. The van der Waals surface area contributed by atoms with Crippen LogP contribution in [0.1, 0.15) is 77.5 Å². The summed E-state index contributed by atoms with van der Waals surface area (Å²) in [5.74, 6) is -1.28. The monoisotopic (exact) mass is 797 g/mol. The van der Waals surface area contributed by atoms with Gasteiger partial charge in [0.1, 0.15) is 33.1 Å². The van der Waals surface area contributed by atoms with Crippen LogP contribution in [0.2, 0.25) is 0 Å². The summed E-state index contributed by atoms with van der Waals surface area (Å²) in [6.07, 6.45) is 4.53. The quantitative estimate of drug-likeness (QED) is 0.0653. The summed E-state index contributed by atoms with van der Waals surface area (Å²) in [7, 11) is 1.46. The number of imidazole rings is 2. The topological polar surface area (TPSA) is 249 Å². The van der Waals surface area contributed by atoms with Crippen LogP contribution in [0.25, 0.3) is 22.1 Å². The van der Waals surface area contributed by atoms with E-state index in [0.717, 1.165) is 5.01 Å². The minimum absolute atomic E-state index is 0.115. The summed E-state index contributed by atoms with van der Waals surface area (Å²) >= 11 is 1.28. The number of aromatic nitrogens is 7. The standard InChI is InChI=1S/C38H43N11O7S/c1-6-24-32(57-21(4)41-24)36(54)45-38-42-25-16-22(33(39)51)18-28(55-5)30(25)47(38)11-8-9-12-48-31-26(17-23(34(40)52)19-29(31)56-14-10-13-50)43-37(48)44-35(53)27-15-20(3)46-49(27)7-2/h8-9,15-19,50H,6-7,10-14H2,1-5H3,(H2,39,51)(H2,40,52)(H,42,45,54)(H,43,44,53)/b9-8+. The van der Waals surface area contributed by atoms with Crippen molar-refractivity contribution >= 4 is 68.9 Å². The number of anilines is 2. The molecule has 0 saturated carbocycles. The van der Waals surface area contributed by atoms with Crippen molar-refractivity contribution in [3.63, 3.8) is 0 Å². The van der Waals surface area contributed by atoms with Gasteiger partial charge in [0, 0.05) is 43.8 Å². The number of rotatable bonds is 17. The van der Waals surface area contributed by atoms with Gasteiger partial charge in [0.2, 0.25) is 23.7 Å². The average molecular weight is 798 g/mol. The third kappa shape index (κ3) is 8.33. The molecule has 7 N–H and O–H groups in total. The predicted molar refractivity (Wildman–Crippen MR) is 214 cm³/mol. The molecule has 0 saturated heterocycles. The van der Waals surface area contributed by atoms with Gasteiger partial charge in [-0.3, -0.25) is 34.5 Å². The molecule has 19 heteroatoms. The van der Waals surface area contributed by atoms with Crippen LogP contribution in [0.4, 0.5) is 11.9 Å². The molecule has 4 amide bonds. The molecule has 18 nitrogen and oxygen atoms in total. The number of nitrogens with one attached hydrogen (secondary N) is 2. The fraction of sp³-hybridized carbons (Fsp3) is 0.316. The first-order chi connectivity index (χ1) is 27.4. The van der Waals surface area contributed by atoms with E-state index in [1.807, 2.05) is 32.9 Å². The summed E-state index contributed by atoms with van der Waals surface area (Å²) in [4.78, 5) is 66.1. The highest BCUT2D eigenvalue weighted by atomic mass is 32.1. The van der Waals surface area contributed by atoms with Crippen molar-refractivity contribution in [2.24, 2.45) is 11.5 Å². The molecule has 0 aliphatic carbocycles. The van der Waals surface area contributed by atoms with E-state index in [-0.39, 0.29) is 61.0 Å². The number of fused-ring (bicyclic) bond motifs is 2. The first kappa shape index (κ1) is 40.1. The minimum atomic E-state index is -0.698. The van der Waals surface area contributed by atoms with Gasteiger partial charge in [-0.25, -0.2) is 15.0 Å². The maximum absolute atomic E-state index is 13.6. The fourth-order valence-corrected chi connectivity index (χ4v) is 7.25. The van der Waals surface area contributed by atoms with Crippen LogP contribution in [0.5, 0.6) is 11.5 Å². The number of ether oxygens (including phenoxy) is 2. The number of primary amides is 2. The number of aliphatic hydroxyl groups is 1. The molecule has 2 aromatic carbocycles. The van der Waals surface area contributed by atoms with E-state index >= 15 is 0 Å². The molecule has 0 aliphatic rings. The number of carbonyl (C=O) groups is 4. The van der Waals surface area contributed by atoms with Crippen LogP contribution in [-0.2, 0) is 26.1 Å². The first-order valence-corrected chi connectivity index (χ1v) is 18.9. The van der Waals surface area contributed by atoms with Gasteiger partial charge >= 0.3 is 0 Å². The Bertz CT molecular complexity index is 2550. The molecule has 4 heterocycles. The number of aliphatic hydroxyl groups excluding tert-OH is 1. The van der Waals surface area contributed by atoms with E-state index in [4.69, 9.17) is 20.9 Å². The average Bonchev–Trinajstić information content (AvgIpc) is 3.95. The van der Waals surface area contributed by atoms with Gasteiger partial charge in [0.05, 0.1) is 41.1 Å². The number of hydrogen-bond donors (Lipinski definition) is 5. The molecule has 0 spiro atoms. The van der Waals surface area contributed by atoms with Gasteiger partial charge in [0.25, 0.3) is 11.8 Å². The molecule has 0 radical (unpaired) electrons. The molecule has 0 bridgehead atoms. The van der Waals surface area contributed by atoms with E-state index in [2.05, 4.69) is 30.7 Å². The number of benzene rings is 2. The SMILES string of the molecule is CCc1nc(C)sc1C(=O)Nc1nc2cc(C(N)=O)cc(OC)c2n1C/C=C/Cn1c(NC(=O)c2cc(C)nn2CC)nc2cc(C(N)=O)cc(OCCCO)c21. The molecule has 57 heavy (non-hydrogen) atoms. The van der Waals surface area contributed by atoms with E-state index in [1.54, 1.807) is 26.8 Å². The second kappa shape index (κ2) is 17.0. The number of amides is 4. The van der Waals surface area contributed by atoms with E-state index in [9.17, 15) is 24.3 Å². The van der Waals surface area contributed by atoms with Crippen molar-refractivity contribution < 1.29 is 33.8 Å². The van der Waals surface area contributed by atoms with Gasteiger partial charge in [-0.1, -0.05) is 19.1 Å². The maximum Gasteiger partial charge on any atom is 0.276 e. The van der Waals surface area contributed by atoms with E-state index in [0.29, 0.717) is 69.2 Å². The minimum Gasteiger partial charge on any atom is -0.494 e. The molecule has 6 aromatic rings. The van der Waals surface area contributed by atoms with Crippen LogP contribution in [0.3, 0.4) is 0 Å². The Morgan fingerprint density at radius 2 is 1.42 bits per heavy atom. The Hall–Kier alpha value is -6.60. The van der Waals surface area contributed by atoms with Crippen molar-refractivity contribution in [1.82, 2.24) is 33.9 Å². The number of methoxy groups -OCH3 is 1. The van der Waals surface area contributed by atoms with Gasteiger partial charge in [-0.2, -0.15) is 5.10 Å². The lowest BCUT2D eigenvalue weighted by Gasteiger charge is -2.13. The smallest absolute Gasteiger partial charge is 0.276 e. The maximum atomic E-state index is 13.6. The van der Waals surface area contributed by atoms with E-state index in [1.165, 1.54) is 42.7 Å². The van der Waals surface area contributed by atoms with Gasteiger partial charge in [0.15, 0.2) is 0 Å². The zero-order valence-corrected chi connectivity index (χ0v) is 32.9. The molecule has 0 fully saturated rings. The third-order valence-electron chi connectivity index (χ3n) is 8.94. The number of carbonyl (C=O) groups excluding carboxylic acids is 4. The lowest BCUT2D eigenvalue weighted by atomic mass is 10.1. The van der Waals surface area contributed by atoms with Gasteiger partial charge in [-0.15, -0.1) is 11.3 Å². The number of aryl methyl sites for hydroxylation is 4. The Labute approximate surface area is 330 Å². The second-order valence-corrected chi connectivity index (χ2v) is 14.1. The number of thiazole rings is 1. The summed E-state index contributed by atoms with van der Waals surface area (Å²) < 4.78 is 16.7. The van der Waals surface area contributed by atoms with Crippen molar-refractivity contribution in [3.05, 3.63) is 80.6 Å². The van der Waals surface area contributed by atoms with Crippen LogP contribution in [0, 0.1) is 13.8 Å². The number of hydrogen-bond acceptors (Lipinski definition) is 12. The Kier molecular flexibility index (Phi) is 12.0. The Morgan fingerprint density at radius 3 is 1.96 bits per heavy atom. The van der Waals surface area contributed by atoms with Crippen molar-refractivity contribution in [3.8, 4) is 11.5 Å². The zero-order valence-electron chi connectivity index (χ0n) is 32.1. The Balaban J connectivity index is 1.41. The highest BCUT2D eigenvalue weighted by Crippen LogP contribution is 2.33. The van der Waals surface area contributed by atoms with Crippen LogP contribution in [-0.4, -0.2) is 82.9 Å². The predicted octanol–water partition coefficient (Wildman–Crippen LogP) is 3.97. The lowest BCUT2D eigenvalue weighted by molar-refractivity contribution is 0.0991. The van der Waals surface area contributed by atoms with Gasteiger partial charge in [-0.05, 0) is 57.5 Å². The fourth-order valence-electron chi connectivity index (χ4n) is 6.34. The molecule has 6 rings (SSSR count). The summed E-state index contributed by atoms with van der Waals surface area (Å²) in [5, 5.41) is 20.4. The molecule has 0 unspecified atom stereocenters.